The molecule has 0 unspecified atom stereocenters. The standard InChI is InChI=1S/C15H15FN2O/c1-11-4-2-3-5-12(11)8-9-17-15(19)13-6-7-14(16)18-10-13/h2-7,10H,8-9H2,1H3,(H,17,19). The Kier molecular flexibility index (Phi) is 4.23. The summed E-state index contributed by atoms with van der Waals surface area (Å²) in [7, 11) is 0. The van der Waals surface area contributed by atoms with Crippen LogP contribution in [0.3, 0.4) is 0 Å². The molecule has 1 aromatic heterocycles. The van der Waals surface area contributed by atoms with Crippen LogP contribution in [0, 0.1) is 12.9 Å². The van der Waals surface area contributed by atoms with Crippen LogP contribution in [0.25, 0.3) is 0 Å². The Morgan fingerprint density at radius 2 is 2.05 bits per heavy atom. The van der Waals surface area contributed by atoms with E-state index >= 15 is 0 Å². The van der Waals surface area contributed by atoms with Gasteiger partial charge in [-0.1, -0.05) is 24.3 Å². The first-order valence-corrected chi connectivity index (χ1v) is 6.11. The third-order valence-corrected chi connectivity index (χ3v) is 2.93. The van der Waals surface area contributed by atoms with Crippen LogP contribution in [0.1, 0.15) is 21.5 Å². The Bertz CT molecular complexity index is 567. The maximum atomic E-state index is 12.6. The van der Waals surface area contributed by atoms with E-state index in [1.54, 1.807) is 0 Å². The second kappa shape index (κ2) is 6.09. The van der Waals surface area contributed by atoms with Gasteiger partial charge in [0.15, 0.2) is 0 Å². The molecule has 0 fully saturated rings. The molecule has 19 heavy (non-hydrogen) atoms. The van der Waals surface area contributed by atoms with Gasteiger partial charge < -0.3 is 5.32 Å². The molecule has 98 valence electrons. The highest BCUT2D eigenvalue weighted by molar-refractivity contribution is 5.93. The van der Waals surface area contributed by atoms with E-state index in [-0.39, 0.29) is 5.91 Å². The van der Waals surface area contributed by atoms with Crippen molar-refractivity contribution in [3.05, 3.63) is 65.2 Å². The zero-order chi connectivity index (χ0) is 13.7. The van der Waals surface area contributed by atoms with Gasteiger partial charge in [0.2, 0.25) is 5.95 Å². The Balaban J connectivity index is 1.88. The number of carbonyl (C=O) groups is 1. The first kappa shape index (κ1) is 13.2. The van der Waals surface area contributed by atoms with Crippen LogP contribution >= 0.6 is 0 Å². The first-order valence-electron chi connectivity index (χ1n) is 6.11. The average molecular weight is 258 g/mol. The number of pyridine rings is 1. The molecule has 0 saturated heterocycles. The molecule has 4 heteroatoms. The molecule has 2 rings (SSSR count). The minimum Gasteiger partial charge on any atom is -0.352 e. The van der Waals surface area contributed by atoms with E-state index in [1.807, 2.05) is 31.2 Å². The summed E-state index contributed by atoms with van der Waals surface area (Å²) in [6.45, 7) is 2.59. The molecule has 3 nitrogen and oxygen atoms in total. The summed E-state index contributed by atoms with van der Waals surface area (Å²) in [5.41, 5.74) is 2.78. The molecule has 0 aliphatic carbocycles. The molecule has 0 atom stereocenters. The number of halogens is 1. The monoisotopic (exact) mass is 258 g/mol. The molecule has 0 spiro atoms. The molecule has 0 saturated carbocycles. The van der Waals surface area contributed by atoms with Crippen molar-refractivity contribution in [2.45, 2.75) is 13.3 Å². The lowest BCUT2D eigenvalue weighted by Crippen LogP contribution is -2.26. The molecule has 0 radical (unpaired) electrons. The van der Waals surface area contributed by atoms with Crippen molar-refractivity contribution in [3.63, 3.8) is 0 Å². The van der Waals surface area contributed by atoms with Crippen molar-refractivity contribution in [1.82, 2.24) is 10.3 Å². The van der Waals surface area contributed by atoms with Crippen LogP contribution in [-0.2, 0) is 6.42 Å². The van der Waals surface area contributed by atoms with Crippen molar-refractivity contribution >= 4 is 5.91 Å². The quantitative estimate of drug-likeness (QED) is 0.856. The molecule has 0 aliphatic rings. The maximum Gasteiger partial charge on any atom is 0.252 e. The van der Waals surface area contributed by atoms with Crippen LogP contribution in [-0.4, -0.2) is 17.4 Å². The summed E-state index contributed by atoms with van der Waals surface area (Å²) < 4.78 is 12.6. The predicted molar refractivity (Wildman–Crippen MR) is 71.4 cm³/mol. The largest absolute Gasteiger partial charge is 0.352 e. The highest BCUT2D eigenvalue weighted by Gasteiger charge is 2.05. The molecular formula is C15H15FN2O. The SMILES string of the molecule is Cc1ccccc1CCNC(=O)c1ccc(F)nc1. The fourth-order valence-corrected chi connectivity index (χ4v) is 1.81. The number of aromatic nitrogens is 1. The zero-order valence-corrected chi connectivity index (χ0v) is 10.7. The molecule has 0 aliphatic heterocycles. The number of hydrogen-bond donors (Lipinski definition) is 1. The number of benzene rings is 1. The molecular weight excluding hydrogens is 243 g/mol. The van der Waals surface area contributed by atoms with Crippen LogP contribution in [0.5, 0.6) is 0 Å². The molecule has 1 heterocycles. The number of nitrogens with one attached hydrogen (secondary N) is 1. The Morgan fingerprint density at radius 1 is 1.26 bits per heavy atom. The van der Waals surface area contributed by atoms with Crippen molar-refractivity contribution in [2.75, 3.05) is 6.54 Å². The van der Waals surface area contributed by atoms with Crippen LogP contribution in [0.2, 0.25) is 0 Å². The predicted octanol–water partition coefficient (Wildman–Crippen LogP) is 2.50. The van der Waals surface area contributed by atoms with Crippen LogP contribution in [0.15, 0.2) is 42.6 Å². The average Bonchev–Trinajstić information content (AvgIpc) is 2.41. The van der Waals surface area contributed by atoms with Gasteiger partial charge in [0.05, 0.1) is 5.56 Å². The summed E-state index contributed by atoms with van der Waals surface area (Å²) in [6, 6.07) is 10.7. The lowest BCUT2D eigenvalue weighted by Gasteiger charge is -2.07. The van der Waals surface area contributed by atoms with E-state index in [2.05, 4.69) is 10.3 Å². The Labute approximate surface area is 111 Å². The van der Waals surface area contributed by atoms with Gasteiger partial charge in [-0.05, 0) is 36.6 Å². The zero-order valence-electron chi connectivity index (χ0n) is 10.7. The number of aryl methyl sites for hydroxylation is 1. The van der Waals surface area contributed by atoms with Crippen molar-refractivity contribution < 1.29 is 9.18 Å². The summed E-state index contributed by atoms with van der Waals surface area (Å²) in [5, 5.41) is 2.79. The first-order chi connectivity index (χ1) is 9.16. The summed E-state index contributed by atoms with van der Waals surface area (Å²) in [4.78, 5) is 15.2. The molecule has 1 amide bonds. The van der Waals surface area contributed by atoms with Crippen molar-refractivity contribution in [1.29, 1.82) is 0 Å². The van der Waals surface area contributed by atoms with E-state index < -0.39 is 5.95 Å². The van der Waals surface area contributed by atoms with E-state index in [0.29, 0.717) is 12.1 Å². The fourth-order valence-electron chi connectivity index (χ4n) is 1.81. The second-order valence-electron chi connectivity index (χ2n) is 4.30. The lowest BCUT2D eigenvalue weighted by molar-refractivity contribution is 0.0953. The van der Waals surface area contributed by atoms with Crippen LogP contribution in [0.4, 0.5) is 4.39 Å². The second-order valence-corrected chi connectivity index (χ2v) is 4.30. The normalized spacial score (nSPS) is 10.2. The van der Waals surface area contributed by atoms with Gasteiger partial charge in [-0.2, -0.15) is 4.39 Å². The smallest absolute Gasteiger partial charge is 0.252 e. The van der Waals surface area contributed by atoms with Crippen LogP contribution < -0.4 is 5.32 Å². The maximum absolute atomic E-state index is 12.6. The van der Waals surface area contributed by atoms with Gasteiger partial charge >= 0.3 is 0 Å². The highest BCUT2D eigenvalue weighted by Crippen LogP contribution is 2.07. The number of rotatable bonds is 4. The number of nitrogens with zero attached hydrogens (tertiary/aromatic N) is 1. The van der Waals surface area contributed by atoms with Gasteiger partial charge in [0, 0.05) is 12.7 Å². The summed E-state index contributed by atoms with van der Waals surface area (Å²) in [6.07, 6.45) is 2.01. The number of amides is 1. The Hall–Kier alpha value is -2.23. The Morgan fingerprint density at radius 3 is 2.74 bits per heavy atom. The van der Waals surface area contributed by atoms with E-state index in [0.717, 1.165) is 6.42 Å². The van der Waals surface area contributed by atoms with E-state index in [9.17, 15) is 9.18 Å². The third kappa shape index (κ3) is 3.61. The van der Waals surface area contributed by atoms with Gasteiger partial charge in [-0.15, -0.1) is 0 Å². The molecule has 1 aromatic carbocycles. The van der Waals surface area contributed by atoms with Crippen molar-refractivity contribution in [3.8, 4) is 0 Å². The van der Waals surface area contributed by atoms with Gasteiger partial charge in [0.1, 0.15) is 0 Å². The van der Waals surface area contributed by atoms with Gasteiger partial charge in [-0.25, -0.2) is 4.98 Å². The molecule has 1 N–H and O–H groups in total. The molecule has 0 bridgehead atoms. The summed E-state index contributed by atoms with van der Waals surface area (Å²) in [5.74, 6) is -0.822. The number of hydrogen-bond acceptors (Lipinski definition) is 2. The highest BCUT2D eigenvalue weighted by atomic mass is 19.1. The fraction of sp³-hybridized carbons (Fsp3) is 0.200. The number of carbonyl (C=O) groups excluding carboxylic acids is 1. The van der Waals surface area contributed by atoms with Gasteiger partial charge in [0.25, 0.3) is 5.91 Å². The van der Waals surface area contributed by atoms with Gasteiger partial charge in [-0.3, -0.25) is 4.79 Å². The lowest BCUT2D eigenvalue weighted by atomic mass is 10.1. The summed E-state index contributed by atoms with van der Waals surface area (Å²) >= 11 is 0. The van der Waals surface area contributed by atoms with E-state index in [4.69, 9.17) is 0 Å². The third-order valence-electron chi connectivity index (χ3n) is 2.93. The van der Waals surface area contributed by atoms with E-state index in [1.165, 1.54) is 29.5 Å². The minimum absolute atomic E-state index is 0.235. The topological polar surface area (TPSA) is 42.0 Å². The van der Waals surface area contributed by atoms with Crippen molar-refractivity contribution in [2.24, 2.45) is 0 Å². The molecule has 2 aromatic rings. The minimum atomic E-state index is -0.587.